The lowest BCUT2D eigenvalue weighted by atomic mass is 9.99. The largest absolute Gasteiger partial charge is 0.508 e. The lowest BCUT2D eigenvalue weighted by Crippen LogP contribution is -2.61. The van der Waals surface area contributed by atoms with E-state index in [-0.39, 0.29) is 88.5 Å². The summed E-state index contributed by atoms with van der Waals surface area (Å²) in [6, 6.07) is -10.9. The molecule has 1 aromatic carbocycles. The van der Waals surface area contributed by atoms with Crippen molar-refractivity contribution in [3.63, 3.8) is 0 Å². The Morgan fingerprint density at radius 3 is 1.10 bits per heavy atom. The van der Waals surface area contributed by atoms with Crippen molar-refractivity contribution >= 4 is 82.8 Å². The highest BCUT2D eigenvalue weighted by atomic mass is 16.4. The number of carbonyl (C=O) groups is 14. The molecular weight excluding hydrogens is 1320 g/mol. The van der Waals surface area contributed by atoms with Crippen LogP contribution in [0.5, 0.6) is 5.75 Å². The fraction of sp³-hybridized carbons (Fsp3) is 0.710. The van der Waals surface area contributed by atoms with E-state index in [2.05, 4.69) is 63.8 Å². The second kappa shape index (κ2) is 48.3. The molecule has 0 aromatic heterocycles. The van der Waals surface area contributed by atoms with Gasteiger partial charge in [0.05, 0.1) is 6.04 Å². The van der Waals surface area contributed by atoms with Crippen LogP contribution in [0.1, 0.15) is 191 Å². The summed E-state index contributed by atoms with van der Waals surface area (Å²) in [5.74, 6) is -13.0. The first-order valence-electron chi connectivity index (χ1n) is 35.7. The molecule has 0 aliphatic heterocycles. The van der Waals surface area contributed by atoms with E-state index in [1.807, 2.05) is 6.92 Å². The van der Waals surface area contributed by atoms with Crippen LogP contribution in [0.15, 0.2) is 24.3 Å². The molecule has 102 heavy (non-hydrogen) atoms. The van der Waals surface area contributed by atoms with Gasteiger partial charge in [0.2, 0.25) is 76.8 Å². The van der Waals surface area contributed by atoms with Gasteiger partial charge in [0.25, 0.3) is 0 Å². The van der Waals surface area contributed by atoms with E-state index in [0.29, 0.717) is 63.5 Å². The minimum Gasteiger partial charge on any atom is -0.508 e. The standard InChI is InChI=1S/C69H121N17O16/c1-13-14-22-47(79-64(96)50(29-30-54(74)88)78-60(92)46(73)21-15-18-31-70)61(93)76-43(12)59(91)85-55(39(6)7)67(99)81-49(24-17-20-33-72)62(94)80-48(23-16-19-32-71)63(95)83-52(36-44-25-27-45(87)28-26-44)66(98)82-51(34-37(2)3)65(97)77-41(10)57(89)75-42(11)58(90)86-56(40(8)9)68(100)84-53(69(101)102)35-38(4)5/h25-28,37-43,46-53,55-56,87H,13-24,29-36,70-73H2,1-12H3,(H2,74,88)(H,75,89)(H,76,93)(H,77,97)(H,78,92)(H,79,96)(H,80,94)(H,81,99)(H,82,98)(H,83,95)(H,84,100)(H,85,91)(H,86,90)(H,101,102)/t41-,42-,43-,46-,47?,48-,49-,50-,51-,52-,53-,55-,56-/m0/s1. The lowest BCUT2D eigenvalue weighted by Gasteiger charge is -2.29. The number of phenols is 1. The van der Waals surface area contributed by atoms with Crippen LogP contribution in [-0.4, -0.2) is 191 Å². The fourth-order valence-corrected chi connectivity index (χ4v) is 10.5. The first-order valence-corrected chi connectivity index (χ1v) is 35.7. The van der Waals surface area contributed by atoms with Crippen molar-refractivity contribution in [3.05, 3.63) is 29.8 Å². The van der Waals surface area contributed by atoms with E-state index in [9.17, 15) is 77.3 Å². The number of primary amides is 1. The fourth-order valence-electron chi connectivity index (χ4n) is 10.5. The predicted octanol–water partition coefficient (Wildman–Crippen LogP) is -1.53. The number of hydrogen-bond donors (Lipinski definition) is 19. The van der Waals surface area contributed by atoms with Crippen molar-refractivity contribution < 1.29 is 77.3 Å². The first-order chi connectivity index (χ1) is 47.9. The molecule has 0 fully saturated rings. The van der Waals surface area contributed by atoms with Crippen LogP contribution in [-0.2, 0) is 73.5 Å². The molecule has 0 heterocycles. The Bertz CT molecular complexity index is 2880. The van der Waals surface area contributed by atoms with Crippen LogP contribution in [0, 0.1) is 23.7 Å². The molecule has 24 N–H and O–H groups in total. The number of amides is 13. The summed E-state index contributed by atoms with van der Waals surface area (Å²) in [7, 11) is 0. The summed E-state index contributed by atoms with van der Waals surface area (Å²) >= 11 is 0. The van der Waals surface area contributed by atoms with Gasteiger partial charge in [-0.3, -0.25) is 62.3 Å². The third kappa shape index (κ3) is 35.4. The third-order valence-electron chi connectivity index (χ3n) is 16.7. The van der Waals surface area contributed by atoms with E-state index in [1.165, 1.54) is 45.0 Å². The highest BCUT2D eigenvalue weighted by Crippen LogP contribution is 2.16. The van der Waals surface area contributed by atoms with Gasteiger partial charge in [-0.05, 0) is 159 Å². The van der Waals surface area contributed by atoms with Gasteiger partial charge < -0.3 is 103 Å². The monoisotopic (exact) mass is 1440 g/mol. The number of nitrogens with one attached hydrogen (secondary N) is 12. The molecule has 0 spiro atoms. The van der Waals surface area contributed by atoms with Gasteiger partial charge in [-0.25, -0.2) is 4.79 Å². The Morgan fingerprint density at radius 2 is 0.696 bits per heavy atom. The van der Waals surface area contributed by atoms with Crippen molar-refractivity contribution in [1.29, 1.82) is 0 Å². The van der Waals surface area contributed by atoms with E-state index in [0.717, 1.165) is 0 Å². The zero-order valence-electron chi connectivity index (χ0n) is 61.8. The molecule has 0 saturated carbocycles. The van der Waals surface area contributed by atoms with E-state index in [1.54, 1.807) is 55.4 Å². The molecular formula is C69H121N17O16. The van der Waals surface area contributed by atoms with Crippen LogP contribution in [0.3, 0.4) is 0 Å². The zero-order valence-corrected chi connectivity index (χ0v) is 61.8. The summed E-state index contributed by atoms with van der Waals surface area (Å²) in [4.78, 5) is 191. The minimum absolute atomic E-state index is 0.00592. The molecule has 1 unspecified atom stereocenters. The van der Waals surface area contributed by atoms with Gasteiger partial charge in [0.1, 0.15) is 78.3 Å². The second-order valence-corrected chi connectivity index (χ2v) is 27.7. The SMILES string of the molecule is CCCCC(NC(=O)[C@H](CCC(N)=O)NC(=O)[C@@H](N)CCCCN)C(=O)N[C@@H](C)C(=O)N[C@H](C(=O)N[C@@H](CCCCN)C(=O)N[C@@H](CCCCN)C(=O)N[C@@H](Cc1ccc(O)cc1)C(=O)N[C@@H](CC(C)C)C(=O)N[C@@H](C)C(=O)N[C@@H](C)C(=O)N[C@H](C(=O)N[C@@H](CC(C)C)C(=O)O)C(C)C)C(C)C. The number of benzene rings is 1. The summed E-state index contributed by atoms with van der Waals surface area (Å²) in [5.41, 5.74) is 29.2. The maximum absolute atomic E-state index is 14.7. The molecule has 13 amide bonds. The van der Waals surface area contributed by atoms with Crippen molar-refractivity contribution in [3.8, 4) is 5.75 Å². The number of nitrogens with two attached hydrogens (primary N) is 5. The van der Waals surface area contributed by atoms with Crippen LogP contribution in [0.2, 0.25) is 0 Å². The van der Waals surface area contributed by atoms with Gasteiger partial charge >= 0.3 is 5.97 Å². The molecule has 1 aromatic rings. The molecule has 33 nitrogen and oxygen atoms in total. The minimum atomic E-state index is -1.46. The number of aromatic hydroxyl groups is 1. The molecule has 0 bridgehead atoms. The molecule has 0 radical (unpaired) electrons. The third-order valence-corrected chi connectivity index (χ3v) is 16.7. The zero-order chi connectivity index (χ0) is 77.5. The van der Waals surface area contributed by atoms with Crippen LogP contribution < -0.4 is 92.5 Å². The lowest BCUT2D eigenvalue weighted by molar-refractivity contribution is -0.143. The molecule has 1 rings (SSSR count). The molecule has 0 saturated heterocycles. The van der Waals surface area contributed by atoms with E-state index in [4.69, 9.17) is 28.7 Å². The first kappa shape index (κ1) is 91.5. The van der Waals surface area contributed by atoms with Gasteiger partial charge in [0, 0.05) is 12.8 Å². The number of aliphatic carboxylic acids is 1. The number of carboxylic acid groups (broad SMARTS) is 1. The summed E-state index contributed by atoms with van der Waals surface area (Å²) in [5, 5.41) is 51.3. The topological polar surface area (TPSA) is 554 Å². The number of carboxylic acids is 1. The number of rotatable bonds is 51. The highest BCUT2D eigenvalue weighted by Gasteiger charge is 2.37. The summed E-state index contributed by atoms with van der Waals surface area (Å²) in [6.07, 6.45) is 3.49. The molecule has 33 heteroatoms. The average molecular weight is 1440 g/mol. The summed E-state index contributed by atoms with van der Waals surface area (Å²) in [6.45, 7) is 20.4. The number of unbranched alkanes of at least 4 members (excludes halogenated alkanes) is 4. The highest BCUT2D eigenvalue weighted by molar-refractivity contribution is 6.00. The Labute approximate surface area is 600 Å². The van der Waals surface area contributed by atoms with Crippen LogP contribution >= 0.6 is 0 Å². The van der Waals surface area contributed by atoms with Crippen molar-refractivity contribution in [2.75, 3.05) is 19.6 Å². The molecule has 0 aliphatic rings. The number of hydrogen-bond acceptors (Lipinski definition) is 19. The molecule has 13 atom stereocenters. The van der Waals surface area contributed by atoms with Gasteiger partial charge in [-0.15, -0.1) is 0 Å². The summed E-state index contributed by atoms with van der Waals surface area (Å²) < 4.78 is 0. The average Bonchev–Trinajstić information content (AvgIpc) is 0.859. The Kier molecular flexibility index (Phi) is 43.3. The van der Waals surface area contributed by atoms with Crippen LogP contribution in [0.4, 0.5) is 0 Å². The van der Waals surface area contributed by atoms with Crippen molar-refractivity contribution in [2.45, 2.75) is 271 Å². The predicted molar refractivity (Wildman–Crippen MR) is 383 cm³/mol. The van der Waals surface area contributed by atoms with Crippen molar-refractivity contribution in [1.82, 2.24) is 63.8 Å². The van der Waals surface area contributed by atoms with Crippen molar-refractivity contribution in [2.24, 2.45) is 52.3 Å². The van der Waals surface area contributed by atoms with E-state index >= 15 is 0 Å². The Morgan fingerprint density at radius 1 is 0.373 bits per heavy atom. The van der Waals surface area contributed by atoms with E-state index < -0.39 is 173 Å². The molecule has 578 valence electrons. The second-order valence-electron chi connectivity index (χ2n) is 27.7. The molecule has 0 aliphatic carbocycles. The maximum Gasteiger partial charge on any atom is 0.326 e. The Hall–Kier alpha value is -8.56. The smallest absolute Gasteiger partial charge is 0.326 e. The normalized spacial score (nSPS) is 15.2. The number of phenolic OH excluding ortho intramolecular Hbond substituents is 1. The Balaban J connectivity index is 3.53. The van der Waals surface area contributed by atoms with Gasteiger partial charge in [-0.1, -0.05) is 93.7 Å². The van der Waals surface area contributed by atoms with Crippen LogP contribution in [0.25, 0.3) is 0 Å². The number of carbonyl (C=O) groups excluding carboxylic acids is 13. The quantitative estimate of drug-likeness (QED) is 0.0329. The van der Waals surface area contributed by atoms with Gasteiger partial charge in [-0.2, -0.15) is 0 Å². The van der Waals surface area contributed by atoms with Gasteiger partial charge in [0.15, 0.2) is 0 Å². The maximum atomic E-state index is 14.7.